The normalized spacial score (nSPS) is 10.1. The van der Waals surface area contributed by atoms with Crippen molar-refractivity contribution in [3.8, 4) is 11.8 Å². The maximum atomic E-state index is 8.75. The molecule has 16 heavy (non-hydrogen) atoms. The number of nitrogens with two attached hydrogens (primary N) is 1. The Hall–Kier alpha value is -1.70. The molecule has 2 N–H and O–H groups in total. The van der Waals surface area contributed by atoms with Crippen LogP contribution in [0, 0.1) is 11.3 Å². The Morgan fingerprint density at radius 3 is 2.62 bits per heavy atom. The summed E-state index contributed by atoms with van der Waals surface area (Å²) >= 11 is 11.7. The van der Waals surface area contributed by atoms with Crippen LogP contribution in [0.2, 0.25) is 10.0 Å². The lowest BCUT2D eigenvalue weighted by molar-refractivity contribution is 0.886. The van der Waals surface area contributed by atoms with Crippen LogP contribution in [0.25, 0.3) is 5.69 Å². The molecule has 0 atom stereocenters. The zero-order chi connectivity index (χ0) is 11.7. The first-order valence-corrected chi connectivity index (χ1v) is 5.08. The number of rotatable bonds is 1. The van der Waals surface area contributed by atoms with Crippen LogP contribution in [0.3, 0.4) is 0 Å². The van der Waals surface area contributed by atoms with E-state index in [1.54, 1.807) is 18.2 Å². The Kier molecular flexibility index (Phi) is 2.73. The molecule has 0 aliphatic rings. The van der Waals surface area contributed by atoms with E-state index in [4.69, 9.17) is 34.2 Å². The lowest BCUT2D eigenvalue weighted by Gasteiger charge is -2.02. The Bertz CT molecular complexity index is 583. The van der Waals surface area contributed by atoms with Crippen molar-refractivity contribution in [3.63, 3.8) is 0 Å². The molecule has 1 aromatic carbocycles. The molecule has 80 valence electrons. The molecule has 6 heteroatoms. The molecular weight excluding hydrogens is 247 g/mol. The van der Waals surface area contributed by atoms with Crippen LogP contribution in [0.5, 0.6) is 0 Å². The second-order valence-corrected chi connectivity index (χ2v) is 3.90. The van der Waals surface area contributed by atoms with Gasteiger partial charge in [-0.15, -0.1) is 5.10 Å². The van der Waals surface area contributed by atoms with Crippen LogP contribution in [0.15, 0.2) is 24.4 Å². The lowest BCUT2D eigenvalue weighted by atomic mass is 10.3. The van der Waals surface area contributed by atoms with Gasteiger partial charge in [-0.2, -0.15) is 5.26 Å². The van der Waals surface area contributed by atoms with E-state index in [1.807, 2.05) is 6.07 Å². The van der Waals surface area contributed by atoms with Gasteiger partial charge in [0.25, 0.3) is 0 Å². The minimum absolute atomic E-state index is 0.188. The molecule has 0 bridgehead atoms. The molecule has 0 unspecified atom stereocenters. The predicted octanol–water partition coefficient (Wildman–Crippen LogP) is 2.63. The highest BCUT2D eigenvalue weighted by molar-refractivity contribution is 6.42. The lowest BCUT2D eigenvalue weighted by Crippen LogP contribution is -1.95. The first-order chi connectivity index (χ1) is 7.61. The number of benzene rings is 1. The Labute approximate surface area is 102 Å². The second-order valence-electron chi connectivity index (χ2n) is 3.08. The molecule has 0 aliphatic carbocycles. The van der Waals surface area contributed by atoms with Gasteiger partial charge in [-0.3, -0.25) is 0 Å². The number of nitriles is 1. The number of anilines is 1. The quantitative estimate of drug-likeness (QED) is 0.849. The number of halogens is 2. The van der Waals surface area contributed by atoms with Crippen molar-refractivity contribution in [3.05, 3.63) is 40.0 Å². The number of aromatic nitrogens is 2. The van der Waals surface area contributed by atoms with Crippen LogP contribution < -0.4 is 5.73 Å². The van der Waals surface area contributed by atoms with Crippen LogP contribution in [-0.4, -0.2) is 9.78 Å². The summed E-state index contributed by atoms with van der Waals surface area (Å²) in [5.41, 5.74) is 6.57. The van der Waals surface area contributed by atoms with Crippen LogP contribution in [-0.2, 0) is 0 Å². The van der Waals surface area contributed by atoms with E-state index in [0.29, 0.717) is 21.3 Å². The first kappa shape index (κ1) is 10.8. The van der Waals surface area contributed by atoms with E-state index in [9.17, 15) is 0 Å². The standard InChI is InChI=1S/C10H6Cl2N4/c11-8-2-1-7(3-9(8)12)16-5-6(4-13)10(14)15-16/h1-3,5H,(H2,14,15). The van der Waals surface area contributed by atoms with Gasteiger partial charge < -0.3 is 5.73 Å². The fourth-order valence-corrected chi connectivity index (χ4v) is 1.53. The maximum absolute atomic E-state index is 8.75. The van der Waals surface area contributed by atoms with Gasteiger partial charge in [0.15, 0.2) is 5.82 Å². The van der Waals surface area contributed by atoms with Crippen LogP contribution >= 0.6 is 23.2 Å². The van der Waals surface area contributed by atoms with Crippen molar-refractivity contribution in [2.24, 2.45) is 0 Å². The second kappa shape index (κ2) is 4.05. The fraction of sp³-hybridized carbons (Fsp3) is 0. The number of hydrogen-bond donors (Lipinski definition) is 1. The zero-order valence-electron chi connectivity index (χ0n) is 7.98. The van der Waals surface area contributed by atoms with Gasteiger partial charge in [0, 0.05) is 0 Å². The topological polar surface area (TPSA) is 67.6 Å². The molecular formula is C10H6Cl2N4. The highest BCUT2D eigenvalue weighted by atomic mass is 35.5. The molecule has 1 aromatic heterocycles. The van der Waals surface area contributed by atoms with E-state index < -0.39 is 0 Å². The van der Waals surface area contributed by atoms with Crippen molar-refractivity contribution < 1.29 is 0 Å². The third kappa shape index (κ3) is 1.83. The third-order valence-corrected chi connectivity index (χ3v) is 2.77. The van der Waals surface area contributed by atoms with Gasteiger partial charge in [-0.1, -0.05) is 23.2 Å². The highest BCUT2D eigenvalue weighted by Crippen LogP contribution is 2.24. The molecule has 1 heterocycles. The minimum atomic E-state index is 0.188. The highest BCUT2D eigenvalue weighted by Gasteiger charge is 2.07. The summed E-state index contributed by atoms with van der Waals surface area (Å²) in [6, 6.07) is 6.99. The molecule has 2 aromatic rings. The van der Waals surface area contributed by atoms with Gasteiger partial charge in [0.1, 0.15) is 11.6 Å². The van der Waals surface area contributed by atoms with Gasteiger partial charge in [-0.25, -0.2) is 4.68 Å². The molecule has 0 spiro atoms. The summed E-state index contributed by atoms with van der Waals surface area (Å²) in [5, 5.41) is 13.6. The summed E-state index contributed by atoms with van der Waals surface area (Å²) in [7, 11) is 0. The smallest absolute Gasteiger partial charge is 0.163 e. The Balaban J connectivity index is 2.51. The van der Waals surface area contributed by atoms with E-state index in [2.05, 4.69) is 5.10 Å². The summed E-state index contributed by atoms with van der Waals surface area (Å²) in [5.74, 6) is 0.188. The van der Waals surface area contributed by atoms with E-state index in [1.165, 1.54) is 10.9 Å². The van der Waals surface area contributed by atoms with E-state index in [-0.39, 0.29) is 5.82 Å². The Morgan fingerprint density at radius 1 is 1.31 bits per heavy atom. The predicted molar refractivity (Wildman–Crippen MR) is 62.7 cm³/mol. The molecule has 0 fully saturated rings. The van der Waals surface area contributed by atoms with Crippen LogP contribution in [0.1, 0.15) is 5.56 Å². The maximum Gasteiger partial charge on any atom is 0.163 e. The fourth-order valence-electron chi connectivity index (χ4n) is 1.23. The third-order valence-electron chi connectivity index (χ3n) is 2.03. The number of hydrogen-bond acceptors (Lipinski definition) is 3. The van der Waals surface area contributed by atoms with Gasteiger partial charge in [-0.05, 0) is 18.2 Å². The number of nitrogens with zero attached hydrogens (tertiary/aromatic N) is 3. The SMILES string of the molecule is N#Cc1cn(-c2ccc(Cl)c(Cl)c2)nc1N. The summed E-state index contributed by atoms with van der Waals surface area (Å²) in [4.78, 5) is 0. The van der Waals surface area contributed by atoms with E-state index >= 15 is 0 Å². The molecule has 0 radical (unpaired) electrons. The Morgan fingerprint density at radius 2 is 2.06 bits per heavy atom. The van der Waals surface area contributed by atoms with Crippen molar-refractivity contribution in [2.75, 3.05) is 5.73 Å². The first-order valence-electron chi connectivity index (χ1n) is 4.32. The van der Waals surface area contributed by atoms with E-state index in [0.717, 1.165) is 0 Å². The molecule has 4 nitrogen and oxygen atoms in total. The molecule has 0 saturated carbocycles. The summed E-state index contributed by atoms with van der Waals surface area (Å²) in [6.45, 7) is 0. The minimum Gasteiger partial charge on any atom is -0.381 e. The van der Waals surface area contributed by atoms with Gasteiger partial charge in [0.2, 0.25) is 0 Å². The number of nitrogen functional groups attached to an aromatic ring is 1. The zero-order valence-corrected chi connectivity index (χ0v) is 9.50. The van der Waals surface area contributed by atoms with Crippen molar-refractivity contribution in [1.82, 2.24) is 9.78 Å². The van der Waals surface area contributed by atoms with Crippen LogP contribution in [0.4, 0.5) is 5.82 Å². The molecule has 0 saturated heterocycles. The largest absolute Gasteiger partial charge is 0.381 e. The summed E-state index contributed by atoms with van der Waals surface area (Å²) < 4.78 is 1.48. The molecule has 0 amide bonds. The van der Waals surface area contributed by atoms with Crippen molar-refractivity contribution >= 4 is 29.0 Å². The van der Waals surface area contributed by atoms with Gasteiger partial charge in [0.05, 0.1) is 21.9 Å². The average molecular weight is 253 g/mol. The van der Waals surface area contributed by atoms with Crippen molar-refractivity contribution in [2.45, 2.75) is 0 Å². The monoisotopic (exact) mass is 252 g/mol. The molecule has 0 aliphatic heterocycles. The summed E-state index contributed by atoms with van der Waals surface area (Å²) in [6.07, 6.45) is 1.54. The average Bonchev–Trinajstić information content (AvgIpc) is 2.64. The van der Waals surface area contributed by atoms with Crippen molar-refractivity contribution in [1.29, 1.82) is 5.26 Å². The molecule has 2 rings (SSSR count). The van der Waals surface area contributed by atoms with Gasteiger partial charge >= 0.3 is 0 Å².